The zero-order valence-corrected chi connectivity index (χ0v) is 14.1. The molecule has 2 atom stereocenters. The first-order valence-electron chi connectivity index (χ1n) is 7.49. The molecule has 0 unspecified atom stereocenters. The smallest absolute Gasteiger partial charge is 0.277 e. The summed E-state index contributed by atoms with van der Waals surface area (Å²) in [6.07, 6.45) is 2.89. The van der Waals surface area contributed by atoms with Crippen molar-refractivity contribution in [2.75, 3.05) is 6.54 Å². The van der Waals surface area contributed by atoms with Crippen LogP contribution in [0.5, 0.6) is 0 Å². The number of hydrogen-bond acceptors (Lipinski definition) is 4. The Morgan fingerprint density at radius 1 is 1.43 bits per heavy atom. The summed E-state index contributed by atoms with van der Waals surface area (Å²) in [5, 5.41) is 2.61. The number of carbonyl (C=O) groups excluding carboxylic acids is 1. The van der Waals surface area contributed by atoms with E-state index in [0.29, 0.717) is 29.3 Å². The number of thiazole rings is 1. The fourth-order valence-corrected chi connectivity index (χ4v) is 3.47. The molecule has 0 aliphatic carbocycles. The fraction of sp³-hybridized carbons (Fsp3) is 0.375. The quantitative estimate of drug-likeness (QED) is 0.917. The average Bonchev–Trinajstić information content (AvgIpc) is 3.19. The van der Waals surface area contributed by atoms with E-state index in [4.69, 9.17) is 22.1 Å². The monoisotopic (exact) mass is 351 g/mol. The number of benzene rings is 1. The van der Waals surface area contributed by atoms with Crippen LogP contribution in [0.1, 0.15) is 18.4 Å². The van der Waals surface area contributed by atoms with E-state index in [1.807, 2.05) is 40.4 Å². The second-order valence-electron chi connectivity index (χ2n) is 5.41. The third kappa shape index (κ3) is 3.90. The van der Waals surface area contributed by atoms with E-state index in [-0.39, 0.29) is 12.0 Å². The van der Waals surface area contributed by atoms with Crippen LogP contribution in [0.2, 0.25) is 5.02 Å². The van der Waals surface area contributed by atoms with E-state index in [9.17, 15) is 4.79 Å². The van der Waals surface area contributed by atoms with Gasteiger partial charge in [0.25, 0.3) is 5.91 Å². The summed E-state index contributed by atoms with van der Waals surface area (Å²) >= 11 is 7.62. The first-order valence-corrected chi connectivity index (χ1v) is 8.74. The Kier molecular flexibility index (Phi) is 5.27. The largest absolute Gasteiger partial charge is 0.364 e. The van der Waals surface area contributed by atoms with Gasteiger partial charge in [0.2, 0.25) is 0 Å². The van der Waals surface area contributed by atoms with Crippen molar-refractivity contribution in [2.24, 2.45) is 10.7 Å². The number of ether oxygens (including phenoxy) is 1. The summed E-state index contributed by atoms with van der Waals surface area (Å²) in [7, 11) is 0. The fourth-order valence-electron chi connectivity index (χ4n) is 2.54. The minimum atomic E-state index is -0.473. The summed E-state index contributed by atoms with van der Waals surface area (Å²) in [4.78, 5) is 17.2. The minimum Gasteiger partial charge on any atom is -0.364 e. The number of rotatable bonds is 4. The highest BCUT2D eigenvalue weighted by atomic mass is 35.5. The molecule has 1 aliphatic rings. The lowest BCUT2D eigenvalue weighted by molar-refractivity contribution is -0.128. The van der Waals surface area contributed by atoms with Crippen molar-refractivity contribution in [1.82, 2.24) is 4.57 Å². The molecule has 7 heteroatoms. The number of carbonyl (C=O) groups is 1. The molecule has 1 fully saturated rings. The van der Waals surface area contributed by atoms with Crippen molar-refractivity contribution in [2.45, 2.75) is 31.6 Å². The van der Waals surface area contributed by atoms with Gasteiger partial charge in [-0.2, -0.15) is 4.99 Å². The third-order valence-corrected chi connectivity index (χ3v) is 4.97. The highest BCUT2D eigenvalue weighted by Crippen LogP contribution is 2.20. The lowest BCUT2D eigenvalue weighted by Gasteiger charge is -2.08. The van der Waals surface area contributed by atoms with Crippen LogP contribution in [-0.4, -0.2) is 29.2 Å². The highest BCUT2D eigenvalue weighted by Gasteiger charge is 2.29. The zero-order chi connectivity index (χ0) is 16.2. The third-order valence-electron chi connectivity index (χ3n) is 3.81. The average molecular weight is 352 g/mol. The van der Waals surface area contributed by atoms with Crippen LogP contribution >= 0.6 is 22.9 Å². The van der Waals surface area contributed by atoms with Gasteiger partial charge in [-0.3, -0.25) is 4.79 Å². The molecule has 2 N–H and O–H groups in total. The molecule has 1 aromatic heterocycles. The van der Waals surface area contributed by atoms with E-state index < -0.39 is 6.10 Å². The van der Waals surface area contributed by atoms with Crippen LogP contribution in [-0.2, 0) is 16.1 Å². The SMILES string of the molecule is NC[C@H]1CC[C@@H](C(=O)N=c2sccn2Cc2ccccc2Cl)O1. The molecule has 3 rings (SSSR count). The lowest BCUT2D eigenvalue weighted by atomic mass is 10.2. The molecule has 1 amide bonds. The summed E-state index contributed by atoms with van der Waals surface area (Å²) in [6, 6.07) is 7.65. The van der Waals surface area contributed by atoms with Gasteiger partial charge in [0.15, 0.2) is 4.80 Å². The van der Waals surface area contributed by atoms with Gasteiger partial charge in [-0.1, -0.05) is 29.8 Å². The number of aromatic nitrogens is 1. The highest BCUT2D eigenvalue weighted by molar-refractivity contribution is 7.07. The van der Waals surface area contributed by atoms with Crippen molar-refractivity contribution in [3.8, 4) is 0 Å². The van der Waals surface area contributed by atoms with Gasteiger partial charge in [0.1, 0.15) is 6.10 Å². The van der Waals surface area contributed by atoms with Crippen molar-refractivity contribution < 1.29 is 9.53 Å². The molecule has 1 aliphatic heterocycles. The molecule has 2 aromatic rings. The van der Waals surface area contributed by atoms with E-state index in [1.165, 1.54) is 11.3 Å². The number of nitrogens with two attached hydrogens (primary N) is 1. The molecule has 0 spiro atoms. The van der Waals surface area contributed by atoms with Gasteiger partial charge in [-0.25, -0.2) is 0 Å². The molecule has 0 saturated carbocycles. The predicted molar refractivity (Wildman–Crippen MR) is 90.4 cm³/mol. The lowest BCUT2D eigenvalue weighted by Crippen LogP contribution is -2.26. The summed E-state index contributed by atoms with van der Waals surface area (Å²) < 4.78 is 7.52. The first-order chi connectivity index (χ1) is 11.2. The standard InChI is InChI=1S/C16H18ClN3O2S/c17-13-4-2-1-3-11(13)10-20-7-8-23-16(20)19-15(21)14-6-5-12(9-18)22-14/h1-4,7-8,12,14H,5-6,9-10,18H2/t12-,14+/m1/s1. The number of halogens is 1. The maximum absolute atomic E-state index is 12.3. The van der Waals surface area contributed by atoms with E-state index in [0.717, 1.165) is 12.0 Å². The van der Waals surface area contributed by atoms with Crippen LogP contribution in [0.4, 0.5) is 0 Å². The molecular weight excluding hydrogens is 334 g/mol. The maximum Gasteiger partial charge on any atom is 0.277 e. The van der Waals surface area contributed by atoms with Gasteiger partial charge in [-0.05, 0) is 24.5 Å². The predicted octanol–water partition coefficient (Wildman–Crippen LogP) is 2.18. The van der Waals surface area contributed by atoms with Gasteiger partial charge in [0.05, 0.1) is 12.6 Å². The van der Waals surface area contributed by atoms with Gasteiger partial charge in [-0.15, -0.1) is 11.3 Å². The van der Waals surface area contributed by atoms with Crippen LogP contribution in [0, 0.1) is 0 Å². The molecule has 5 nitrogen and oxygen atoms in total. The number of hydrogen-bond donors (Lipinski definition) is 1. The Bertz CT molecular complexity index is 756. The van der Waals surface area contributed by atoms with Crippen molar-refractivity contribution >= 4 is 28.8 Å². The van der Waals surface area contributed by atoms with Crippen molar-refractivity contribution in [3.63, 3.8) is 0 Å². The summed E-state index contributed by atoms with van der Waals surface area (Å²) in [6.45, 7) is 1.02. The van der Waals surface area contributed by atoms with Crippen LogP contribution in [0.3, 0.4) is 0 Å². The molecule has 0 bridgehead atoms. The van der Waals surface area contributed by atoms with Gasteiger partial charge < -0.3 is 15.0 Å². The number of amides is 1. The second kappa shape index (κ2) is 7.40. The van der Waals surface area contributed by atoms with Crippen molar-refractivity contribution in [1.29, 1.82) is 0 Å². The van der Waals surface area contributed by atoms with Crippen LogP contribution < -0.4 is 10.5 Å². The second-order valence-corrected chi connectivity index (χ2v) is 6.69. The van der Waals surface area contributed by atoms with Crippen LogP contribution in [0.15, 0.2) is 40.8 Å². The molecule has 1 aromatic carbocycles. The topological polar surface area (TPSA) is 69.6 Å². The van der Waals surface area contributed by atoms with Crippen LogP contribution in [0.25, 0.3) is 0 Å². The Morgan fingerprint density at radius 3 is 3.00 bits per heavy atom. The normalized spacial score (nSPS) is 21.7. The summed E-state index contributed by atoms with van der Waals surface area (Å²) in [5.74, 6) is -0.240. The first kappa shape index (κ1) is 16.4. The molecule has 1 saturated heterocycles. The van der Waals surface area contributed by atoms with E-state index in [2.05, 4.69) is 4.99 Å². The number of nitrogens with zero attached hydrogens (tertiary/aromatic N) is 2. The Morgan fingerprint density at radius 2 is 2.26 bits per heavy atom. The molecule has 122 valence electrons. The molecule has 23 heavy (non-hydrogen) atoms. The Balaban J connectivity index is 1.78. The maximum atomic E-state index is 12.3. The Hall–Kier alpha value is -1.47. The van der Waals surface area contributed by atoms with E-state index in [1.54, 1.807) is 0 Å². The Labute approximate surface area is 143 Å². The van der Waals surface area contributed by atoms with E-state index >= 15 is 0 Å². The summed E-state index contributed by atoms with van der Waals surface area (Å²) in [5.41, 5.74) is 6.56. The van der Waals surface area contributed by atoms with Crippen molar-refractivity contribution in [3.05, 3.63) is 51.2 Å². The minimum absolute atomic E-state index is 0.0299. The zero-order valence-electron chi connectivity index (χ0n) is 12.5. The molecule has 0 radical (unpaired) electrons. The van der Waals surface area contributed by atoms with Gasteiger partial charge in [0, 0.05) is 23.1 Å². The van der Waals surface area contributed by atoms with Gasteiger partial charge >= 0.3 is 0 Å². The molecular formula is C16H18ClN3O2S. The molecule has 2 heterocycles.